The molecule has 0 spiro atoms. The Morgan fingerprint density at radius 2 is 1.44 bits per heavy atom. The fraction of sp³-hybridized carbons (Fsp3) is 0.964. The summed E-state index contributed by atoms with van der Waals surface area (Å²) in [4.78, 5) is 12.7. The second-order valence-electron chi connectivity index (χ2n) is 13.3. The minimum Gasteiger partial charge on any atom is -0.394 e. The van der Waals surface area contributed by atoms with Gasteiger partial charge >= 0.3 is 0 Å². The number of ether oxygens (including phenoxy) is 6. The molecule has 0 bridgehead atoms. The molecule has 21 nitrogen and oxygen atoms in total. The first kappa shape index (κ1) is 41.4. The van der Waals surface area contributed by atoms with E-state index in [2.05, 4.69) is 5.32 Å². The molecule has 22 heteroatoms. The van der Waals surface area contributed by atoms with Crippen molar-refractivity contribution in [2.75, 3.05) is 19.7 Å². The van der Waals surface area contributed by atoms with Gasteiger partial charge in [0, 0.05) is 19.1 Å². The molecule has 3 saturated heterocycles. The minimum atomic E-state index is -2.26. The molecule has 3 heterocycles. The molecule has 4 aliphatic rings. The Morgan fingerprint density at radius 3 is 2.04 bits per heavy atom. The summed E-state index contributed by atoms with van der Waals surface area (Å²) >= 11 is 0. The number of aliphatic hydroxyl groups is 7. The number of halogens is 1. The van der Waals surface area contributed by atoms with Crippen molar-refractivity contribution in [3.8, 4) is 0 Å². The van der Waals surface area contributed by atoms with Crippen molar-refractivity contribution < 1.29 is 73.4 Å². The van der Waals surface area contributed by atoms with Crippen LogP contribution in [-0.4, -0.2) is 190 Å². The van der Waals surface area contributed by atoms with E-state index in [1.165, 1.54) is 0 Å². The molecule has 50 heavy (non-hydrogen) atoms. The first-order valence-electron chi connectivity index (χ1n) is 16.5. The van der Waals surface area contributed by atoms with E-state index in [4.69, 9.17) is 62.8 Å². The summed E-state index contributed by atoms with van der Waals surface area (Å²) in [5, 5.41) is 76.9. The highest BCUT2D eigenvalue weighted by Gasteiger charge is 2.56. The molecule has 0 aromatic heterocycles. The van der Waals surface area contributed by atoms with Gasteiger partial charge in [-0.15, -0.1) is 0 Å². The number of hydrogen-bond donors (Lipinski definition) is 14. The van der Waals surface area contributed by atoms with E-state index in [1.807, 2.05) is 0 Å². The van der Waals surface area contributed by atoms with Crippen molar-refractivity contribution in [3.63, 3.8) is 0 Å². The average Bonchev–Trinajstić information content (AvgIpc) is 3.39. The number of hydrogen-bond acceptors (Lipinski definition) is 20. The maximum absolute atomic E-state index is 14.0. The fourth-order valence-electron chi connectivity index (χ4n) is 6.51. The first-order valence-corrected chi connectivity index (χ1v) is 16.5. The van der Waals surface area contributed by atoms with Crippen LogP contribution >= 0.6 is 0 Å². The van der Waals surface area contributed by atoms with Gasteiger partial charge in [0.05, 0.1) is 43.0 Å². The molecule has 1 saturated carbocycles. The largest absolute Gasteiger partial charge is 0.394 e. The summed E-state index contributed by atoms with van der Waals surface area (Å²) < 4.78 is 49.3. The third-order valence-corrected chi connectivity index (χ3v) is 9.67. The van der Waals surface area contributed by atoms with E-state index in [-0.39, 0.29) is 6.54 Å². The molecule has 0 aromatic carbocycles. The van der Waals surface area contributed by atoms with E-state index in [0.717, 1.165) is 0 Å². The van der Waals surface area contributed by atoms with Gasteiger partial charge in [-0.2, -0.15) is 0 Å². The van der Waals surface area contributed by atoms with Crippen LogP contribution in [0.1, 0.15) is 19.8 Å². The number of alkyl halides is 1. The quantitative estimate of drug-likeness (QED) is 0.0836. The highest BCUT2D eigenvalue weighted by molar-refractivity contribution is 5.81. The molecule has 0 radical (unpaired) electrons. The molecule has 3 unspecified atom stereocenters. The second-order valence-corrected chi connectivity index (χ2v) is 13.3. The lowest BCUT2D eigenvalue weighted by atomic mass is 9.81. The van der Waals surface area contributed by atoms with Gasteiger partial charge in [0.25, 0.3) is 5.91 Å². The van der Waals surface area contributed by atoms with Crippen LogP contribution in [0.25, 0.3) is 0 Å². The zero-order valence-electron chi connectivity index (χ0n) is 27.5. The van der Waals surface area contributed by atoms with Crippen LogP contribution < -0.4 is 39.7 Å². The van der Waals surface area contributed by atoms with Crippen LogP contribution in [0, 0.1) is 0 Å². The normalized spacial score (nSPS) is 47.4. The van der Waals surface area contributed by atoms with Crippen LogP contribution in [0.4, 0.5) is 4.39 Å². The van der Waals surface area contributed by atoms with Gasteiger partial charge in [0.15, 0.2) is 25.0 Å². The number of nitrogens with two attached hydrogens (primary N) is 6. The molecule has 4 rings (SSSR count). The third kappa shape index (κ3) is 8.71. The van der Waals surface area contributed by atoms with Gasteiger partial charge in [-0.1, -0.05) is 0 Å². The third-order valence-electron chi connectivity index (χ3n) is 9.67. The molecule has 1 amide bonds. The molecule has 292 valence electrons. The van der Waals surface area contributed by atoms with Gasteiger partial charge in [0.1, 0.15) is 61.1 Å². The van der Waals surface area contributed by atoms with Gasteiger partial charge in [-0.3, -0.25) is 4.79 Å². The number of carbonyl (C=O) groups excluding carboxylic acids is 1. The lowest BCUT2D eigenvalue weighted by Gasteiger charge is -2.49. The van der Waals surface area contributed by atoms with Gasteiger partial charge in [0.2, 0.25) is 0 Å². The lowest BCUT2D eigenvalue weighted by molar-refractivity contribution is -0.297. The Hall–Kier alpha value is -1.36. The van der Waals surface area contributed by atoms with Crippen molar-refractivity contribution in [2.24, 2.45) is 34.4 Å². The molecule has 21 atom stereocenters. The molecule has 3 aliphatic heterocycles. The van der Waals surface area contributed by atoms with Crippen molar-refractivity contribution in [1.82, 2.24) is 5.32 Å². The van der Waals surface area contributed by atoms with Crippen molar-refractivity contribution >= 4 is 5.91 Å². The molecule has 1 aliphatic carbocycles. The molecular formula is C28H54FN7O14. The van der Waals surface area contributed by atoms with Crippen LogP contribution in [0.5, 0.6) is 0 Å². The summed E-state index contributed by atoms with van der Waals surface area (Å²) in [6.07, 6.45) is -23.8. The van der Waals surface area contributed by atoms with Crippen LogP contribution in [0.3, 0.4) is 0 Å². The van der Waals surface area contributed by atoms with Crippen LogP contribution in [-0.2, 0) is 33.2 Å². The topological polar surface area (TPSA) is 382 Å². The maximum atomic E-state index is 14.0. The standard InChI is InChI=1S/C28H54FN7O14/c1-7(32)10-3-2-9(33)26(45-10)49-23-13(34)18(40)15(36-25(44)16(38)8(29)4-30)20(42)24(23)50-28-21(43)22(12(6-37)47-28)48-27-14(35)19(41)17(39)11(5-31)46-27/h7-24,26-28,37-43H,2-6,30-35H2,1H3,(H,36,44)/t7?,8?,9-,10+,11+,12-,13+,14-,15-,16?,17-,18+,19-,20+,21-,22-,23-,24-,26-,27-,28+/m1/s1. The van der Waals surface area contributed by atoms with Crippen LogP contribution in [0.2, 0.25) is 0 Å². The summed E-state index contributed by atoms with van der Waals surface area (Å²) in [6.45, 7) is 0.0533. The lowest BCUT2D eigenvalue weighted by Crippen LogP contribution is -2.73. The van der Waals surface area contributed by atoms with Gasteiger partial charge < -0.3 is 104 Å². The van der Waals surface area contributed by atoms with E-state index in [1.54, 1.807) is 6.92 Å². The van der Waals surface area contributed by atoms with Gasteiger partial charge in [-0.05, 0) is 19.8 Å². The predicted octanol–water partition coefficient (Wildman–Crippen LogP) is -8.66. The van der Waals surface area contributed by atoms with E-state index in [0.29, 0.717) is 12.8 Å². The predicted molar refractivity (Wildman–Crippen MR) is 165 cm³/mol. The average molecular weight is 732 g/mol. The molecule has 20 N–H and O–H groups in total. The number of nitrogens with one attached hydrogen (secondary N) is 1. The minimum absolute atomic E-state index is 0.219. The highest BCUT2D eigenvalue weighted by atomic mass is 19.1. The number of aliphatic hydroxyl groups excluding tert-OH is 7. The Labute approximate surface area is 287 Å². The highest BCUT2D eigenvalue weighted by Crippen LogP contribution is 2.35. The van der Waals surface area contributed by atoms with Crippen molar-refractivity contribution in [1.29, 1.82) is 0 Å². The summed E-state index contributed by atoms with van der Waals surface area (Å²) in [5.41, 5.74) is 35.5. The zero-order valence-corrected chi connectivity index (χ0v) is 27.5. The van der Waals surface area contributed by atoms with E-state index < -0.39 is 148 Å². The molecule has 4 fully saturated rings. The second kappa shape index (κ2) is 17.6. The van der Waals surface area contributed by atoms with Crippen molar-refractivity contribution in [3.05, 3.63) is 0 Å². The fourth-order valence-corrected chi connectivity index (χ4v) is 6.51. The molecular weight excluding hydrogens is 677 g/mol. The smallest absolute Gasteiger partial charge is 0.252 e. The Balaban J connectivity index is 1.59. The SMILES string of the molecule is CC(N)[C@@H]1CC[C@@H](N)[C@@H](O[C@@H]2[C@@H](N)[C@H](O)[C@@H](NC(=O)C(O)C(F)CN)[C@H](O)[C@H]2O[C@@H]2O[C@H](CO)[C@@H](O[C@H]3O[C@@H](CN)[C@@H](O)[C@H](O)[C@H]3N)[C@H]2O)O1. The monoisotopic (exact) mass is 731 g/mol. The van der Waals surface area contributed by atoms with Gasteiger partial charge in [-0.25, -0.2) is 4.39 Å². The number of carbonyl (C=O) groups is 1. The molecule has 0 aromatic rings. The first-order chi connectivity index (χ1) is 23.6. The van der Waals surface area contributed by atoms with E-state index in [9.17, 15) is 44.9 Å². The number of amides is 1. The maximum Gasteiger partial charge on any atom is 0.252 e. The Morgan fingerprint density at radius 1 is 0.820 bits per heavy atom. The summed E-state index contributed by atoms with van der Waals surface area (Å²) in [7, 11) is 0. The zero-order chi connectivity index (χ0) is 37.2. The summed E-state index contributed by atoms with van der Waals surface area (Å²) in [5.74, 6) is -1.33. The Bertz CT molecular complexity index is 1090. The van der Waals surface area contributed by atoms with Crippen molar-refractivity contribution in [2.45, 2.75) is 148 Å². The Kier molecular flexibility index (Phi) is 14.6. The van der Waals surface area contributed by atoms with Crippen LogP contribution in [0.15, 0.2) is 0 Å². The summed E-state index contributed by atoms with van der Waals surface area (Å²) in [6, 6.07) is -5.64. The van der Waals surface area contributed by atoms with E-state index >= 15 is 0 Å². The number of rotatable bonds is 13.